The third kappa shape index (κ3) is 3.03. The Morgan fingerprint density at radius 2 is 2.37 bits per heavy atom. The molecule has 2 atom stereocenters. The van der Waals surface area contributed by atoms with Crippen molar-refractivity contribution in [3.8, 4) is 0 Å². The summed E-state index contributed by atoms with van der Waals surface area (Å²) in [4.78, 5) is 17.0. The van der Waals surface area contributed by atoms with Crippen LogP contribution in [0.5, 0.6) is 0 Å². The Kier molecular flexibility index (Phi) is 4.36. The molecule has 1 aromatic rings. The quantitative estimate of drug-likeness (QED) is 0.630. The number of pyridine rings is 1. The maximum atomic E-state index is 11.1. The van der Waals surface area contributed by atoms with Gasteiger partial charge in [0.1, 0.15) is 0 Å². The lowest BCUT2D eigenvalue weighted by molar-refractivity contribution is -0.384. The van der Waals surface area contributed by atoms with E-state index in [9.17, 15) is 10.1 Å². The van der Waals surface area contributed by atoms with Crippen LogP contribution in [-0.4, -0.2) is 35.7 Å². The van der Waals surface area contributed by atoms with Crippen molar-refractivity contribution in [3.63, 3.8) is 0 Å². The summed E-state index contributed by atoms with van der Waals surface area (Å²) in [6, 6.07) is 1.67. The van der Waals surface area contributed by atoms with E-state index in [-0.39, 0.29) is 22.8 Å². The first kappa shape index (κ1) is 14.2. The van der Waals surface area contributed by atoms with Crippen molar-refractivity contribution in [2.45, 2.75) is 31.9 Å². The standard InChI is InChI=1S/C12H16BrN3O3/c1-8-5-10(19-2)3-4-15(8)12-11(16(17)18)6-9(13)7-14-12/h6-8,10H,3-5H2,1-2H3. The van der Waals surface area contributed by atoms with Crippen molar-refractivity contribution in [1.82, 2.24) is 4.98 Å². The summed E-state index contributed by atoms with van der Waals surface area (Å²) in [7, 11) is 1.70. The van der Waals surface area contributed by atoms with Crippen LogP contribution in [0.4, 0.5) is 11.5 Å². The Labute approximate surface area is 120 Å². The zero-order chi connectivity index (χ0) is 14.0. The van der Waals surface area contributed by atoms with E-state index in [1.807, 2.05) is 11.8 Å². The Hall–Kier alpha value is -1.21. The Morgan fingerprint density at radius 3 is 2.95 bits per heavy atom. The highest BCUT2D eigenvalue weighted by Crippen LogP contribution is 2.33. The molecule has 1 aromatic heterocycles. The third-order valence-corrected chi connectivity index (χ3v) is 3.88. The van der Waals surface area contributed by atoms with Gasteiger partial charge in [-0.3, -0.25) is 10.1 Å². The van der Waals surface area contributed by atoms with Crippen molar-refractivity contribution in [2.75, 3.05) is 18.6 Å². The third-order valence-electron chi connectivity index (χ3n) is 3.44. The fraction of sp³-hybridized carbons (Fsp3) is 0.583. The van der Waals surface area contributed by atoms with E-state index in [0.29, 0.717) is 10.3 Å². The largest absolute Gasteiger partial charge is 0.381 e. The zero-order valence-electron chi connectivity index (χ0n) is 10.9. The number of hydrogen-bond acceptors (Lipinski definition) is 5. The summed E-state index contributed by atoms with van der Waals surface area (Å²) in [5.41, 5.74) is 0.0390. The molecule has 2 heterocycles. The lowest BCUT2D eigenvalue weighted by Gasteiger charge is -2.37. The first-order valence-corrected chi connectivity index (χ1v) is 6.91. The molecule has 0 saturated carbocycles. The average molecular weight is 330 g/mol. The molecule has 104 valence electrons. The van der Waals surface area contributed by atoms with Gasteiger partial charge in [-0.15, -0.1) is 0 Å². The summed E-state index contributed by atoms with van der Waals surface area (Å²) in [5.74, 6) is 0.440. The van der Waals surface area contributed by atoms with Gasteiger partial charge in [-0.2, -0.15) is 0 Å². The van der Waals surface area contributed by atoms with Gasteiger partial charge in [0.25, 0.3) is 0 Å². The fourth-order valence-corrected chi connectivity index (χ4v) is 2.75. The molecule has 0 amide bonds. The smallest absolute Gasteiger partial charge is 0.312 e. The average Bonchev–Trinajstić information content (AvgIpc) is 2.39. The van der Waals surface area contributed by atoms with Gasteiger partial charge in [0.05, 0.1) is 11.0 Å². The van der Waals surface area contributed by atoms with Gasteiger partial charge in [0.2, 0.25) is 5.82 Å². The molecule has 1 saturated heterocycles. The van der Waals surface area contributed by atoms with E-state index in [1.54, 1.807) is 13.3 Å². The minimum Gasteiger partial charge on any atom is -0.381 e. The molecule has 0 aromatic carbocycles. The van der Waals surface area contributed by atoms with Crippen LogP contribution in [0.15, 0.2) is 16.7 Å². The highest BCUT2D eigenvalue weighted by atomic mass is 79.9. The van der Waals surface area contributed by atoms with Crippen LogP contribution in [0, 0.1) is 10.1 Å². The number of nitro groups is 1. The molecule has 1 aliphatic rings. The van der Waals surface area contributed by atoms with E-state index in [2.05, 4.69) is 20.9 Å². The fourth-order valence-electron chi connectivity index (χ4n) is 2.43. The lowest BCUT2D eigenvalue weighted by atomic mass is 10.0. The van der Waals surface area contributed by atoms with Crippen molar-refractivity contribution in [3.05, 3.63) is 26.9 Å². The molecule has 0 N–H and O–H groups in total. The van der Waals surface area contributed by atoms with E-state index >= 15 is 0 Å². The monoisotopic (exact) mass is 329 g/mol. The van der Waals surface area contributed by atoms with E-state index < -0.39 is 0 Å². The minimum atomic E-state index is -0.387. The molecular formula is C12H16BrN3O3. The number of anilines is 1. The van der Waals surface area contributed by atoms with E-state index in [1.165, 1.54) is 6.07 Å². The molecular weight excluding hydrogens is 314 g/mol. The molecule has 2 rings (SSSR count). The number of hydrogen-bond donors (Lipinski definition) is 0. The zero-order valence-corrected chi connectivity index (χ0v) is 12.5. The maximum absolute atomic E-state index is 11.1. The summed E-state index contributed by atoms with van der Waals surface area (Å²) in [6.45, 7) is 2.76. The van der Waals surface area contributed by atoms with Crippen molar-refractivity contribution >= 4 is 27.4 Å². The van der Waals surface area contributed by atoms with Crippen LogP contribution in [0.1, 0.15) is 19.8 Å². The number of halogens is 1. The number of methoxy groups -OCH3 is 1. The first-order chi connectivity index (χ1) is 9.02. The molecule has 7 heteroatoms. The molecule has 0 spiro atoms. The van der Waals surface area contributed by atoms with Crippen LogP contribution < -0.4 is 4.90 Å². The van der Waals surface area contributed by atoms with Gasteiger partial charge in [-0.1, -0.05) is 0 Å². The second kappa shape index (κ2) is 5.83. The molecule has 19 heavy (non-hydrogen) atoms. The van der Waals surface area contributed by atoms with Crippen molar-refractivity contribution in [1.29, 1.82) is 0 Å². The molecule has 0 bridgehead atoms. The van der Waals surface area contributed by atoms with Crippen molar-refractivity contribution in [2.24, 2.45) is 0 Å². The van der Waals surface area contributed by atoms with Gasteiger partial charge in [0, 0.05) is 36.4 Å². The Balaban J connectivity index is 2.29. The van der Waals surface area contributed by atoms with Crippen molar-refractivity contribution < 1.29 is 9.66 Å². The summed E-state index contributed by atoms with van der Waals surface area (Å²) < 4.78 is 5.97. The number of piperidine rings is 1. The highest BCUT2D eigenvalue weighted by Gasteiger charge is 2.30. The number of aromatic nitrogens is 1. The summed E-state index contributed by atoms with van der Waals surface area (Å²) in [6.07, 6.45) is 3.53. The molecule has 0 radical (unpaired) electrons. The number of rotatable bonds is 3. The van der Waals surface area contributed by atoms with E-state index in [4.69, 9.17) is 4.74 Å². The molecule has 6 nitrogen and oxygen atoms in total. The van der Waals surface area contributed by atoms with Crippen LogP contribution >= 0.6 is 15.9 Å². The maximum Gasteiger partial charge on any atom is 0.312 e. The van der Waals surface area contributed by atoms with Crippen LogP contribution in [-0.2, 0) is 4.74 Å². The normalized spacial score (nSPS) is 23.4. The topological polar surface area (TPSA) is 68.5 Å². The molecule has 2 unspecified atom stereocenters. The summed E-state index contributed by atoms with van der Waals surface area (Å²) in [5, 5.41) is 11.1. The number of nitrogens with zero attached hydrogens (tertiary/aromatic N) is 3. The highest BCUT2D eigenvalue weighted by molar-refractivity contribution is 9.10. The minimum absolute atomic E-state index is 0.0390. The van der Waals surface area contributed by atoms with Gasteiger partial charge in [0.15, 0.2) is 0 Å². The van der Waals surface area contributed by atoms with Gasteiger partial charge >= 0.3 is 5.69 Å². The van der Waals surface area contributed by atoms with E-state index in [0.717, 1.165) is 19.4 Å². The van der Waals surface area contributed by atoms with Gasteiger partial charge in [-0.05, 0) is 35.7 Å². The predicted molar refractivity (Wildman–Crippen MR) is 75.4 cm³/mol. The number of ether oxygens (including phenoxy) is 1. The van der Waals surface area contributed by atoms with Gasteiger partial charge in [-0.25, -0.2) is 4.98 Å². The van der Waals surface area contributed by atoms with Crippen LogP contribution in [0.2, 0.25) is 0 Å². The SMILES string of the molecule is COC1CCN(c2ncc(Br)cc2[N+](=O)[O-])C(C)C1. The van der Waals surface area contributed by atoms with Gasteiger partial charge < -0.3 is 9.64 Å². The Bertz CT molecular complexity index is 483. The first-order valence-electron chi connectivity index (χ1n) is 6.12. The second-order valence-electron chi connectivity index (χ2n) is 4.68. The van der Waals surface area contributed by atoms with Crippen LogP contribution in [0.25, 0.3) is 0 Å². The molecule has 1 aliphatic heterocycles. The predicted octanol–water partition coefficient (Wildman–Crippen LogP) is 2.76. The van der Waals surface area contributed by atoms with Crippen LogP contribution in [0.3, 0.4) is 0 Å². The lowest BCUT2D eigenvalue weighted by Crippen LogP contribution is -2.44. The molecule has 1 fully saturated rings. The summed E-state index contributed by atoms with van der Waals surface area (Å²) >= 11 is 3.22. The second-order valence-corrected chi connectivity index (χ2v) is 5.59. The molecule has 0 aliphatic carbocycles. The Morgan fingerprint density at radius 1 is 1.63 bits per heavy atom.